The third-order valence-corrected chi connectivity index (χ3v) is 8.01. The average Bonchev–Trinajstić information content (AvgIpc) is 3.23. The molecule has 1 aliphatic rings. The second-order valence-electron chi connectivity index (χ2n) is 8.43. The van der Waals surface area contributed by atoms with Gasteiger partial charge in [-0.2, -0.15) is 0 Å². The molecule has 0 fully saturated rings. The van der Waals surface area contributed by atoms with Crippen LogP contribution in [0.15, 0.2) is 81.9 Å². The first-order chi connectivity index (χ1) is 19.7. The number of halogens is 3. The highest BCUT2D eigenvalue weighted by Gasteiger charge is 2.34. The van der Waals surface area contributed by atoms with E-state index in [0.29, 0.717) is 40.2 Å². The lowest BCUT2D eigenvalue weighted by molar-refractivity contribution is -0.138. The van der Waals surface area contributed by atoms with Crippen molar-refractivity contribution in [2.45, 2.75) is 20.5 Å². The highest BCUT2D eigenvalue weighted by molar-refractivity contribution is 14.1. The molecule has 3 aromatic rings. The van der Waals surface area contributed by atoms with Crippen molar-refractivity contribution in [3.05, 3.63) is 107 Å². The first-order valence-corrected chi connectivity index (χ1v) is 15.1. The molecule has 1 N–H and O–H groups in total. The molecule has 0 radical (unpaired) electrons. The van der Waals surface area contributed by atoms with Gasteiger partial charge < -0.3 is 19.3 Å². The van der Waals surface area contributed by atoms with Crippen molar-refractivity contribution in [2.75, 3.05) is 13.2 Å². The van der Waals surface area contributed by atoms with Crippen LogP contribution in [0.5, 0.6) is 11.5 Å². The fourth-order valence-corrected chi connectivity index (χ4v) is 5.88. The van der Waals surface area contributed by atoms with Crippen LogP contribution in [0.2, 0.25) is 10.0 Å². The van der Waals surface area contributed by atoms with Crippen molar-refractivity contribution < 1.29 is 28.9 Å². The number of hydrogen-bond acceptors (Lipinski definition) is 7. The lowest BCUT2D eigenvalue weighted by atomic mass is 10.1. The number of rotatable bonds is 9. The number of esters is 1. The van der Waals surface area contributed by atoms with Crippen LogP contribution in [0, 0.1) is 3.57 Å². The molecule has 41 heavy (non-hydrogen) atoms. The van der Waals surface area contributed by atoms with Gasteiger partial charge in [-0.05, 0) is 90.0 Å². The quantitative estimate of drug-likeness (QED) is 0.175. The maximum absolute atomic E-state index is 12.9. The number of aliphatic imine (C=N–C) groups is 1. The highest BCUT2D eigenvalue weighted by atomic mass is 127. The number of benzene rings is 3. The number of thioether (sulfide) groups is 1. The summed E-state index contributed by atoms with van der Waals surface area (Å²) in [7, 11) is 0. The summed E-state index contributed by atoms with van der Waals surface area (Å²) in [6, 6.07) is 17.5. The van der Waals surface area contributed by atoms with Crippen molar-refractivity contribution in [3.8, 4) is 11.5 Å². The van der Waals surface area contributed by atoms with Gasteiger partial charge in [-0.15, -0.1) is 0 Å². The van der Waals surface area contributed by atoms with Gasteiger partial charge in [-0.3, -0.25) is 4.79 Å². The van der Waals surface area contributed by atoms with Gasteiger partial charge in [-0.1, -0.05) is 59.2 Å². The molecule has 0 saturated carbocycles. The number of hydrogen-bond donors (Lipinski definition) is 1. The summed E-state index contributed by atoms with van der Waals surface area (Å²) in [5.74, 6) is -0.690. The molecule has 212 valence electrons. The fraction of sp³-hybridized carbons (Fsp3) is 0.167. The molecular weight excluding hydrogens is 700 g/mol. The van der Waals surface area contributed by atoms with Crippen molar-refractivity contribution in [1.29, 1.82) is 0 Å². The second kappa shape index (κ2) is 14.3. The largest absolute Gasteiger partial charge is 0.506 e. The standard InChI is InChI=1S/C30H24Cl2INO6S/c1-3-38-23-14-18(13-22(33)27(23)40-16-17-9-11-19(31)12-10-17)15-24-26(35)25(30(37)39-4-2)29(41-24)34-28(36)20-7-5-6-8-21(20)32/h5-15,35H,3-4,16H2,1-2H3/b24-15-,34-29?. The first-order valence-electron chi connectivity index (χ1n) is 12.4. The smallest absolute Gasteiger partial charge is 0.344 e. The Balaban J connectivity index is 1.68. The van der Waals surface area contributed by atoms with Gasteiger partial charge >= 0.3 is 5.97 Å². The van der Waals surface area contributed by atoms with Crippen LogP contribution < -0.4 is 9.47 Å². The summed E-state index contributed by atoms with van der Waals surface area (Å²) in [6.07, 6.45) is 1.68. The molecule has 0 aromatic heterocycles. The molecule has 1 heterocycles. The van der Waals surface area contributed by atoms with Gasteiger partial charge in [0.25, 0.3) is 5.91 Å². The number of aliphatic hydroxyl groups is 1. The van der Waals surface area contributed by atoms with Gasteiger partial charge in [0.1, 0.15) is 23.0 Å². The zero-order valence-electron chi connectivity index (χ0n) is 21.9. The summed E-state index contributed by atoms with van der Waals surface area (Å²) in [4.78, 5) is 30.1. The molecule has 0 spiro atoms. The molecule has 0 bridgehead atoms. The monoisotopic (exact) mass is 723 g/mol. The lowest BCUT2D eigenvalue weighted by Crippen LogP contribution is -2.14. The Bertz CT molecular complexity index is 1570. The van der Waals surface area contributed by atoms with E-state index in [9.17, 15) is 14.7 Å². The number of carbonyl (C=O) groups excluding carboxylic acids is 2. The van der Waals surface area contributed by atoms with E-state index in [1.54, 1.807) is 49.4 Å². The van der Waals surface area contributed by atoms with Crippen LogP contribution in [0.3, 0.4) is 0 Å². The van der Waals surface area contributed by atoms with E-state index in [-0.39, 0.29) is 33.6 Å². The molecule has 11 heteroatoms. The highest BCUT2D eigenvalue weighted by Crippen LogP contribution is 2.41. The summed E-state index contributed by atoms with van der Waals surface area (Å²) >= 11 is 15.3. The first kappa shape index (κ1) is 31.0. The summed E-state index contributed by atoms with van der Waals surface area (Å²) in [5, 5.41) is 11.9. The van der Waals surface area contributed by atoms with E-state index in [0.717, 1.165) is 20.9 Å². The van der Waals surface area contributed by atoms with E-state index in [2.05, 4.69) is 27.6 Å². The molecule has 0 unspecified atom stereocenters. The Labute approximate surface area is 265 Å². The third-order valence-electron chi connectivity index (χ3n) is 5.60. The van der Waals surface area contributed by atoms with Gasteiger partial charge in [0, 0.05) is 5.02 Å². The molecule has 3 aromatic carbocycles. The second-order valence-corrected chi connectivity index (χ2v) is 11.5. The van der Waals surface area contributed by atoms with Crippen LogP contribution in [-0.2, 0) is 16.1 Å². The summed E-state index contributed by atoms with van der Waals surface area (Å²) in [6.45, 7) is 4.32. The molecule has 0 saturated heterocycles. The maximum atomic E-state index is 12.9. The van der Waals surface area contributed by atoms with Gasteiger partial charge in [0.2, 0.25) is 0 Å². The van der Waals surface area contributed by atoms with Gasteiger partial charge in [0.05, 0.1) is 32.3 Å². The molecule has 1 aliphatic heterocycles. The normalized spacial score (nSPS) is 15.0. The van der Waals surface area contributed by atoms with Crippen molar-refractivity contribution in [2.24, 2.45) is 4.99 Å². The predicted molar refractivity (Wildman–Crippen MR) is 171 cm³/mol. The number of amides is 1. The zero-order chi connectivity index (χ0) is 29.5. The minimum atomic E-state index is -0.790. The Kier molecular flexibility index (Phi) is 10.8. The SMILES string of the molecule is CCOC(=O)C1=C(O)/C(=C/c2cc(I)c(OCc3ccc(Cl)cc3)c(OCC)c2)SC1=NC(=O)c1ccccc1Cl. The molecule has 1 amide bonds. The fourth-order valence-electron chi connectivity index (χ4n) is 3.74. The van der Waals surface area contributed by atoms with Crippen LogP contribution in [0.4, 0.5) is 0 Å². The van der Waals surface area contributed by atoms with Crippen LogP contribution in [0.25, 0.3) is 6.08 Å². The number of carbonyl (C=O) groups is 2. The topological polar surface area (TPSA) is 94.4 Å². The Morgan fingerprint density at radius 3 is 2.44 bits per heavy atom. The predicted octanol–water partition coefficient (Wildman–Crippen LogP) is 8.28. The minimum absolute atomic E-state index is 0.0137. The Morgan fingerprint density at radius 1 is 1.02 bits per heavy atom. The van der Waals surface area contributed by atoms with Crippen LogP contribution >= 0.6 is 57.6 Å². The number of nitrogens with zero attached hydrogens (tertiary/aromatic N) is 1. The molecule has 7 nitrogen and oxygen atoms in total. The molecule has 0 aliphatic carbocycles. The average molecular weight is 724 g/mol. The minimum Gasteiger partial charge on any atom is -0.506 e. The number of ether oxygens (including phenoxy) is 3. The van der Waals surface area contributed by atoms with Crippen LogP contribution in [0.1, 0.15) is 35.3 Å². The summed E-state index contributed by atoms with van der Waals surface area (Å²) < 4.78 is 17.9. The van der Waals surface area contributed by atoms with Crippen molar-refractivity contribution >= 4 is 80.6 Å². The molecule has 0 atom stereocenters. The van der Waals surface area contributed by atoms with E-state index in [1.807, 2.05) is 25.1 Å². The van der Waals surface area contributed by atoms with E-state index in [1.165, 1.54) is 6.07 Å². The zero-order valence-corrected chi connectivity index (χ0v) is 26.4. The van der Waals surface area contributed by atoms with E-state index in [4.69, 9.17) is 37.4 Å². The Hall–Kier alpha value is -2.99. The van der Waals surface area contributed by atoms with Crippen molar-refractivity contribution in [3.63, 3.8) is 0 Å². The Morgan fingerprint density at radius 2 is 1.76 bits per heavy atom. The summed E-state index contributed by atoms with van der Waals surface area (Å²) in [5.41, 5.74) is 1.60. The van der Waals surface area contributed by atoms with Gasteiger partial charge in [0.15, 0.2) is 11.5 Å². The molecule has 4 rings (SSSR count). The van der Waals surface area contributed by atoms with Gasteiger partial charge in [-0.25, -0.2) is 9.79 Å². The lowest BCUT2D eigenvalue weighted by Gasteiger charge is -2.15. The maximum Gasteiger partial charge on any atom is 0.344 e. The third kappa shape index (κ3) is 7.65. The van der Waals surface area contributed by atoms with E-state index < -0.39 is 11.9 Å². The number of aliphatic hydroxyl groups excluding tert-OH is 1. The molecular formula is C30H24Cl2INO6S. The van der Waals surface area contributed by atoms with Crippen LogP contribution in [-0.4, -0.2) is 35.2 Å². The van der Waals surface area contributed by atoms with E-state index >= 15 is 0 Å². The van der Waals surface area contributed by atoms with Crippen molar-refractivity contribution in [1.82, 2.24) is 0 Å².